The number of benzene rings is 1. The number of fused-ring (bicyclic) bond motifs is 1. The molecule has 0 radical (unpaired) electrons. The number of amides is 2. The summed E-state index contributed by atoms with van der Waals surface area (Å²) in [4.78, 5) is 29.3. The van der Waals surface area contributed by atoms with Gasteiger partial charge in [0, 0.05) is 18.8 Å². The molecular formula is C24H22ClF3N4O3. The highest BCUT2D eigenvalue weighted by Gasteiger charge is 2.40. The topological polar surface area (TPSA) is 67.2 Å². The number of aromatic nitrogens is 2. The minimum atomic E-state index is -4.67. The van der Waals surface area contributed by atoms with E-state index in [1.807, 2.05) is 0 Å². The zero-order valence-electron chi connectivity index (χ0n) is 19.0. The van der Waals surface area contributed by atoms with Crippen LogP contribution in [0.5, 0.6) is 5.75 Å². The van der Waals surface area contributed by atoms with Crippen LogP contribution in [0.2, 0.25) is 5.02 Å². The molecule has 2 amide bonds. The predicted molar refractivity (Wildman–Crippen MR) is 123 cm³/mol. The van der Waals surface area contributed by atoms with Crippen LogP contribution in [0.15, 0.2) is 36.4 Å². The lowest BCUT2D eigenvalue weighted by molar-refractivity contribution is -0.142. The highest BCUT2D eigenvalue weighted by Crippen LogP contribution is 2.43. The molecule has 11 heteroatoms. The molecule has 5 rings (SSSR count). The van der Waals surface area contributed by atoms with Gasteiger partial charge in [-0.1, -0.05) is 11.6 Å². The number of carbonyl (C=O) groups excluding carboxylic acids is 2. The molecule has 0 N–H and O–H groups in total. The summed E-state index contributed by atoms with van der Waals surface area (Å²) in [6, 6.07) is 8.73. The Morgan fingerprint density at radius 1 is 1.14 bits per heavy atom. The third-order valence-corrected chi connectivity index (χ3v) is 6.91. The van der Waals surface area contributed by atoms with Crippen molar-refractivity contribution in [2.75, 3.05) is 25.1 Å². The number of piperazine rings is 1. The monoisotopic (exact) mass is 506 g/mol. The fourth-order valence-corrected chi connectivity index (χ4v) is 4.69. The first-order valence-electron chi connectivity index (χ1n) is 11.2. The van der Waals surface area contributed by atoms with Crippen LogP contribution in [0.3, 0.4) is 0 Å². The number of hydrogen-bond donors (Lipinski definition) is 0. The van der Waals surface area contributed by atoms with Gasteiger partial charge in [0.05, 0.1) is 17.6 Å². The maximum absolute atomic E-state index is 13.8. The van der Waals surface area contributed by atoms with Crippen molar-refractivity contribution in [2.24, 2.45) is 0 Å². The van der Waals surface area contributed by atoms with Gasteiger partial charge in [0.15, 0.2) is 5.69 Å². The van der Waals surface area contributed by atoms with Crippen molar-refractivity contribution in [1.29, 1.82) is 0 Å². The first-order valence-corrected chi connectivity index (χ1v) is 11.5. The van der Waals surface area contributed by atoms with Crippen molar-refractivity contribution in [3.8, 4) is 5.75 Å². The number of rotatable bonds is 4. The second-order valence-corrected chi connectivity index (χ2v) is 9.15. The van der Waals surface area contributed by atoms with E-state index >= 15 is 0 Å². The quantitative estimate of drug-likeness (QED) is 0.511. The largest absolute Gasteiger partial charge is 0.497 e. The molecule has 3 heterocycles. The smallest absolute Gasteiger partial charge is 0.433 e. The third kappa shape index (κ3) is 4.09. The van der Waals surface area contributed by atoms with E-state index in [1.165, 1.54) is 4.90 Å². The number of pyridine rings is 1. The van der Waals surface area contributed by atoms with Crippen LogP contribution in [-0.4, -0.2) is 52.6 Å². The first-order chi connectivity index (χ1) is 16.6. The van der Waals surface area contributed by atoms with E-state index in [4.69, 9.17) is 16.3 Å². The fourth-order valence-electron chi connectivity index (χ4n) is 4.43. The number of methoxy groups -OCH3 is 1. The van der Waals surface area contributed by atoms with Crippen molar-refractivity contribution >= 4 is 34.6 Å². The van der Waals surface area contributed by atoms with Gasteiger partial charge in [0.1, 0.15) is 17.5 Å². The summed E-state index contributed by atoms with van der Waals surface area (Å²) in [5.41, 5.74) is -0.0678. The van der Waals surface area contributed by atoms with E-state index in [1.54, 1.807) is 49.3 Å². The maximum atomic E-state index is 13.8. The Hall–Kier alpha value is -3.27. The number of carbonyl (C=O) groups is 2. The molecule has 1 saturated heterocycles. The van der Waals surface area contributed by atoms with Crippen LogP contribution in [0, 0.1) is 0 Å². The van der Waals surface area contributed by atoms with Crippen molar-refractivity contribution < 1.29 is 27.5 Å². The van der Waals surface area contributed by atoms with E-state index in [0.29, 0.717) is 21.5 Å². The summed E-state index contributed by atoms with van der Waals surface area (Å²) in [6.07, 6.45) is -3.06. The normalized spacial score (nSPS) is 18.9. The lowest BCUT2D eigenvalue weighted by Crippen LogP contribution is -2.57. The van der Waals surface area contributed by atoms with Crippen LogP contribution >= 0.6 is 11.6 Å². The Kier molecular flexibility index (Phi) is 5.66. The lowest BCUT2D eigenvalue weighted by Gasteiger charge is -2.38. The number of nitrogens with zero attached hydrogens (tertiary/aromatic N) is 4. The zero-order valence-corrected chi connectivity index (χ0v) is 19.7. The third-order valence-electron chi connectivity index (χ3n) is 6.54. The molecule has 1 aromatic carbocycles. The molecule has 1 aliphatic carbocycles. The minimum Gasteiger partial charge on any atom is -0.497 e. The molecule has 3 aromatic rings. The molecule has 35 heavy (non-hydrogen) atoms. The number of ether oxygens (including phenoxy) is 1. The minimum absolute atomic E-state index is 0.0302. The van der Waals surface area contributed by atoms with Gasteiger partial charge in [0.2, 0.25) is 5.91 Å². The van der Waals surface area contributed by atoms with Crippen molar-refractivity contribution in [3.63, 3.8) is 0 Å². The molecule has 0 bridgehead atoms. The lowest BCUT2D eigenvalue weighted by atomic mass is 10.1. The summed E-state index contributed by atoms with van der Waals surface area (Å²) in [6.45, 7) is 1.96. The number of halogens is 4. The van der Waals surface area contributed by atoms with Crippen LogP contribution in [0.1, 0.15) is 47.4 Å². The molecule has 1 aliphatic heterocycles. The summed E-state index contributed by atoms with van der Waals surface area (Å²) in [5, 5.41) is 3.81. The Bertz CT molecular complexity index is 1320. The Morgan fingerprint density at radius 3 is 2.43 bits per heavy atom. The molecule has 1 saturated carbocycles. The van der Waals surface area contributed by atoms with Gasteiger partial charge in [-0.05, 0) is 67.6 Å². The van der Waals surface area contributed by atoms with E-state index in [2.05, 4.69) is 5.10 Å². The van der Waals surface area contributed by atoms with Gasteiger partial charge in [-0.2, -0.15) is 18.3 Å². The van der Waals surface area contributed by atoms with Gasteiger partial charge < -0.3 is 14.5 Å². The number of anilines is 1. The van der Waals surface area contributed by atoms with Gasteiger partial charge in [-0.3, -0.25) is 9.59 Å². The average Bonchev–Trinajstić information content (AvgIpc) is 3.63. The van der Waals surface area contributed by atoms with E-state index in [0.717, 1.165) is 18.9 Å². The Balaban J connectivity index is 1.46. The molecule has 1 atom stereocenters. The zero-order chi connectivity index (χ0) is 25.1. The summed E-state index contributed by atoms with van der Waals surface area (Å²) >= 11 is 6.42. The SMILES string of the molecule is COc1ccc(N2CCN(C(=O)c3nn4c(C(F)(F)F)cc(C5CC5)cc4c3Cl)C(C)C2=O)cc1. The molecular weight excluding hydrogens is 485 g/mol. The van der Waals surface area contributed by atoms with E-state index in [-0.39, 0.29) is 41.1 Å². The maximum Gasteiger partial charge on any atom is 0.433 e. The van der Waals surface area contributed by atoms with E-state index in [9.17, 15) is 22.8 Å². The van der Waals surface area contributed by atoms with Crippen LogP contribution < -0.4 is 9.64 Å². The van der Waals surface area contributed by atoms with Gasteiger partial charge in [-0.25, -0.2) is 4.52 Å². The molecule has 2 aliphatic rings. The second kappa shape index (κ2) is 8.44. The summed E-state index contributed by atoms with van der Waals surface area (Å²) in [7, 11) is 1.54. The first kappa shape index (κ1) is 23.5. The summed E-state index contributed by atoms with van der Waals surface area (Å²) < 4.78 is 47.2. The molecule has 7 nitrogen and oxygen atoms in total. The van der Waals surface area contributed by atoms with Gasteiger partial charge in [-0.15, -0.1) is 0 Å². The van der Waals surface area contributed by atoms with Crippen LogP contribution in [-0.2, 0) is 11.0 Å². The standard InChI is InChI=1S/C24H22ClF3N4O3/c1-13-22(33)31(16-5-7-17(35-2)8-6-16)10-9-30(13)23(34)21-20(25)18-11-15(14-3-4-14)12-19(24(26,27)28)32(18)29-21/h5-8,11-14H,3-4,9-10H2,1-2H3. The second-order valence-electron chi connectivity index (χ2n) is 8.77. The number of hydrogen-bond acceptors (Lipinski definition) is 4. The number of alkyl halides is 3. The van der Waals surface area contributed by atoms with Crippen molar-refractivity contribution in [3.05, 3.63) is 58.4 Å². The molecule has 184 valence electrons. The molecule has 1 unspecified atom stereocenters. The van der Waals surface area contributed by atoms with Crippen LogP contribution in [0.4, 0.5) is 18.9 Å². The summed E-state index contributed by atoms with van der Waals surface area (Å²) in [5.74, 6) is -0.306. The van der Waals surface area contributed by atoms with Crippen LogP contribution in [0.25, 0.3) is 5.52 Å². The molecule has 2 aromatic heterocycles. The highest BCUT2D eigenvalue weighted by molar-refractivity contribution is 6.37. The fraction of sp³-hybridized carbons (Fsp3) is 0.375. The molecule has 0 spiro atoms. The average molecular weight is 507 g/mol. The van der Waals surface area contributed by atoms with Crippen molar-refractivity contribution in [1.82, 2.24) is 14.5 Å². The predicted octanol–water partition coefficient (Wildman–Crippen LogP) is 4.77. The highest BCUT2D eigenvalue weighted by atomic mass is 35.5. The molecule has 2 fully saturated rings. The van der Waals surface area contributed by atoms with E-state index < -0.39 is 23.8 Å². The van der Waals surface area contributed by atoms with Gasteiger partial charge >= 0.3 is 6.18 Å². The van der Waals surface area contributed by atoms with Gasteiger partial charge in [0.25, 0.3) is 5.91 Å². The Labute approximate surface area is 204 Å². The Morgan fingerprint density at radius 2 is 1.83 bits per heavy atom. The van der Waals surface area contributed by atoms with Crippen molar-refractivity contribution in [2.45, 2.75) is 37.9 Å².